The van der Waals surface area contributed by atoms with Gasteiger partial charge >= 0.3 is 0 Å². The van der Waals surface area contributed by atoms with Gasteiger partial charge in [0.2, 0.25) is 0 Å². The van der Waals surface area contributed by atoms with Crippen LogP contribution in [0.5, 0.6) is 0 Å². The molecule has 1 N–H and O–H groups in total. The lowest BCUT2D eigenvalue weighted by Crippen LogP contribution is -2.02. The Kier molecular flexibility index (Phi) is 3.91. The van der Waals surface area contributed by atoms with Gasteiger partial charge in [-0.25, -0.2) is 14.4 Å². The molecule has 1 aromatic carbocycles. The summed E-state index contributed by atoms with van der Waals surface area (Å²) in [5.41, 5.74) is 1.51. The SMILES string of the molecule is CCNc1cc(C)nc(-c2ccc(Br)c(F)c2)n1. The molecule has 2 aromatic rings. The van der Waals surface area contributed by atoms with Gasteiger partial charge in [0.15, 0.2) is 5.82 Å². The van der Waals surface area contributed by atoms with E-state index in [4.69, 9.17) is 0 Å². The minimum absolute atomic E-state index is 0.317. The van der Waals surface area contributed by atoms with Gasteiger partial charge in [0, 0.05) is 23.9 Å². The summed E-state index contributed by atoms with van der Waals surface area (Å²) in [6, 6.07) is 6.73. The predicted octanol–water partition coefficient (Wildman–Crippen LogP) is 3.79. The van der Waals surface area contributed by atoms with Gasteiger partial charge in [-0.05, 0) is 48.0 Å². The smallest absolute Gasteiger partial charge is 0.161 e. The van der Waals surface area contributed by atoms with E-state index in [1.54, 1.807) is 12.1 Å². The van der Waals surface area contributed by atoms with Gasteiger partial charge in [0.1, 0.15) is 11.6 Å². The molecule has 3 nitrogen and oxygen atoms in total. The Bertz CT molecular complexity index is 572. The van der Waals surface area contributed by atoms with E-state index in [1.807, 2.05) is 19.9 Å². The van der Waals surface area contributed by atoms with Crippen molar-refractivity contribution in [1.29, 1.82) is 0 Å². The summed E-state index contributed by atoms with van der Waals surface area (Å²) in [5, 5.41) is 3.13. The van der Waals surface area contributed by atoms with Crippen molar-refractivity contribution in [3.63, 3.8) is 0 Å². The van der Waals surface area contributed by atoms with Crippen molar-refractivity contribution in [3.8, 4) is 11.4 Å². The first-order chi connectivity index (χ1) is 8.60. The van der Waals surface area contributed by atoms with Crippen LogP contribution in [0.25, 0.3) is 11.4 Å². The summed E-state index contributed by atoms with van der Waals surface area (Å²) in [4.78, 5) is 8.68. The molecule has 0 aliphatic carbocycles. The van der Waals surface area contributed by atoms with E-state index >= 15 is 0 Å². The van der Waals surface area contributed by atoms with Crippen molar-refractivity contribution in [2.24, 2.45) is 0 Å². The van der Waals surface area contributed by atoms with Crippen molar-refractivity contribution in [2.45, 2.75) is 13.8 Å². The molecule has 0 unspecified atom stereocenters. The second kappa shape index (κ2) is 5.44. The fraction of sp³-hybridized carbons (Fsp3) is 0.231. The van der Waals surface area contributed by atoms with Crippen molar-refractivity contribution >= 4 is 21.7 Å². The van der Waals surface area contributed by atoms with E-state index in [1.165, 1.54) is 6.07 Å². The van der Waals surface area contributed by atoms with Crippen LogP contribution in [0, 0.1) is 12.7 Å². The third-order valence-corrected chi connectivity index (χ3v) is 3.03. The van der Waals surface area contributed by atoms with Gasteiger partial charge < -0.3 is 5.32 Å². The number of rotatable bonds is 3. The molecule has 1 heterocycles. The van der Waals surface area contributed by atoms with E-state index < -0.39 is 0 Å². The van der Waals surface area contributed by atoms with E-state index in [9.17, 15) is 4.39 Å². The van der Waals surface area contributed by atoms with Gasteiger partial charge in [-0.1, -0.05) is 0 Å². The molecule has 0 amide bonds. The number of halogens is 2. The number of hydrogen-bond acceptors (Lipinski definition) is 3. The molecule has 0 bridgehead atoms. The van der Waals surface area contributed by atoms with E-state index in [0.717, 1.165) is 18.1 Å². The lowest BCUT2D eigenvalue weighted by molar-refractivity contribution is 0.621. The highest BCUT2D eigenvalue weighted by molar-refractivity contribution is 9.10. The van der Waals surface area contributed by atoms with Crippen LogP contribution in [0.4, 0.5) is 10.2 Å². The molecule has 2 rings (SSSR count). The number of aryl methyl sites for hydroxylation is 1. The van der Waals surface area contributed by atoms with Gasteiger partial charge in [-0.2, -0.15) is 0 Å². The Morgan fingerprint density at radius 1 is 1.28 bits per heavy atom. The quantitative estimate of drug-likeness (QED) is 0.937. The van der Waals surface area contributed by atoms with Crippen LogP contribution in [0.2, 0.25) is 0 Å². The normalized spacial score (nSPS) is 10.4. The summed E-state index contributed by atoms with van der Waals surface area (Å²) in [7, 11) is 0. The zero-order valence-corrected chi connectivity index (χ0v) is 11.8. The van der Waals surface area contributed by atoms with Gasteiger partial charge in [0.25, 0.3) is 0 Å². The first kappa shape index (κ1) is 13.0. The minimum Gasteiger partial charge on any atom is -0.370 e. The van der Waals surface area contributed by atoms with Crippen LogP contribution in [0.15, 0.2) is 28.7 Å². The molecule has 0 saturated heterocycles. The molecule has 0 aliphatic rings. The Balaban J connectivity index is 2.46. The maximum atomic E-state index is 13.5. The van der Waals surface area contributed by atoms with Crippen LogP contribution in [-0.4, -0.2) is 16.5 Å². The second-order valence-corrected chi connectivity index (χ2v) is 4.73. The Morgan fingerprint density at radius 3 is 2.72 bits per heavy atom. The fourth-order valence-electron chi connectivity index (χ4n) is 1.60. The molecule has 0 spiro atoms. The second-order valence-electron chi connectivity index (χ2n) is 3.88. The molecular weight excluding hydrogens is 297 g/mol. The molecule has 18 heavy (non-hydrogen) atoms. The summed E-state index contributed by atoms with van der Waals surface area (Å²) in [6.45, 7) is 4.67. The highest BCUT2D eigenvalue weighted by Gasteiger charge is 2.07. The number of nitrogens with one attached hydrogen (secondary N) is 1. The largest absolute Gasteiger partial charge is 0.370 e. The van der Waals surface area contributed by atoms with Gasteiger partial charge in [-0.15, -0.1) is 0 Å². The third kappa shape index (κ3) is 2.85. The van der Waals surface area contributed by atoms with Crippen molar-refractivity contribution in [1.82, 2.24) is 9.97 Å². The van der Waals surface area contributed by atoms with Gasteiger partial charge in [-0.3, -0.25) is 0 Å². The highest BCUT2D eigenvalue weighted by Crippen LogP contribution is 2.23. The van der Waals surface area contributed by atoms with E-state index in [-0.39, 0.29) is 5.82 Å². The zero-order chi connectivity index (χ0) is 13.1. The average molecular weight is 310 g/mol. The molecule has 5 heteroatoms. The summed E-state index contributed by atoms with van der Waals surface area (Å²) in [5.74, 6) is 0.961. The van der Waals surface area contributed by atoms with E-state index in [0.29, 0.717) is 15.9 Å². The third-order valence-electron chi connectivity index (χ3n) is 2.39. The van der Waals surface area contributed by atoms with Crippen LogP contribution in [-0.2, 0) is 0 Å². The first-order valence-electron chi connectivity index (χ1n) is 5.65. The molecule has 0 fully saturated rings. The topological polar surface area (TPSA) is 37.8 Å². The Morgan fingerprint density at radius 2 is 2.06 bits per heavy atom. The first-order valence-corrected chi connectivity index (χ1v) is 6.44. The van der Waals surface area contributed by atoms with Crippen LogP contribution in [0.1, 0.15) is 12.6 Å². The standard InChI is InChI=1S/C13H13BrFN3/c1-3-16-12-6-8(2)17-13(18-12)9-4-5-10(14)11(15)7-9/h4-7H,3H2,1-2H3,(H,16,17,18). The Labute approximate surface area is 114 Å². The van der Waals surface area contributed by atoms with Crippen molar-refractivity contribution in [2.75, 3.05) is 11.9 Å². The number of hydrogen-bond donors (Lipinski definition) is 1. The maximum Gasteiger partial charge on any atom is 0.161 e. The number of aromatic nitrogens is 2. The number of anilines is 1. The zero-order valence-electron chi connectivity index (χ0n) is 10.2. The fourth-order valence-corrected chi connectivity index (χ4v) is 1.85. The summed E-state index contributed by atoms with van der Waals surface area (Å²) >= 11 is 3.13. The molecular formula is C13H13BrFN3. The van der Waals surface area contributed by atoms with Gasteiger partial charge in [0.05, 0.1) is 4.47 Å². The molecule has 0 radical (unpaired) electrons. The number of nitrogens with zero attached hydrogens (tertiary/aromatic N) is 2. The molecule has 0 aliphatic heterocycles. The lowest BCUT2D eigenvalue weighted by Gasteiger charge is -2.07. The van der Waals surface area contributed by atoms with E-state index in [2.05, 4.69) is 31.2 Å². The van der Waals surface area contributed by atoms with Crippen LogP contribution in [0.3, 0.4) is 0 Å². The Hall–Kier alpha value is -1.49. The lowest BCUT2D eigenvalue weighted by atomic mass is 10.2. The average Bonchev–Trinajstić information content (AvgIpc) is 2.32. The monoisotopic (exact) mass is 309 g/mol. The summed E-state index contributed by atoms with van der Waals surface area (Å²) in [6.07, 6.45) is 0. The summed E-state index contributed by atoms with van der Waals surface area (Å²) < 4.78 is 13.9. The number of benzene rings is 1. The molecule has 1 aromatic heterocycles. The van der Waals surface area contributed by atoms with Crippen LogP contribution >= 0.6 is 15.9 Å². The predicted molar refractivity (Wildman–Crippen MR) is 74.0 cm³/mol. The molecule has 0 saturated carbocycles. The molecule has 94 valence electrons. The highest BCUT2D eigenvalue weighted by atomic mass is 79.9. The minimum atomic E-state index is -0.317. The maximum absolute atomic E-state index is 13.5. The van der Waals surface area contributed by atoms with Crippen molar-refractivity contribution < 1.29 is 4.39 Å². The van der Waals surface area contributed by atoms with Crippen molar-refractivity contribution in [3.05, 3.63) is 40.2 Å². The molecule has 0 atom stereocenters. The van der Waals surface area contributed by atoms with Crippen LogP contribution < -0.4 is 5.32 Å².